The van der Waals surface area contributed by atoms with Crippen LogP contribution in [0.1, 0.15) is 79.2 Å². The topological polar surface area (TPSA) is 90.9 Å². The third kappa shape index (κ3) is 6.40. The van der Waals surface area contributed by atoms with Gasteiger partial charge in [0.15, 0.2) is 0 Å². The summed E-state index contributed by atoms with van der Waals surface area (Å²) in [4.78, 5) is 39.2. The van der Waals surface area contributed by atoms with Gasteiger partial charge >= 0.3 is 18.0 Å². The molecule has 0 spiro atoms. The van der Waals surface area contributed by atoms with Crippen LogP contribution in [0.15, 0.2) is 30.3 Å². The van der Waals surface area contributed by atoms with E-state index in [1.54, 1.807) is 20.8 Å². The lowest BCUT2D eigenvalue weighted by Crippen LogP contribution is -2.57. The number of alkyl carbamates (subject to hydrolysis) is 1. The molecule has 36 heavy (non-hydrogen) atoms. The van der Waals surface area contributed by atoms with Crippen LogP contribution in [-0.2, 0) is 30.2 Å². The van der Waals surface area contributed by atoms with E-state index in [0.717, 1.165) is 31.2 Å². The predicted molar refractivity (Wildman–Crippen MR) is 137 cm³/mol. The zero-order chi connectivity index (χ0) is 26.7. The average Bonchev–Trinajstić information content (AvgIpc) is 2.76. The van der Waals surface area contributed by atoms with Gasteiger partial charge in [-0.05, 0) is 68.8 Å². The van der Waals surface area contributed by atoms with Crippen LogP contribution in [0.25, 0.3) is 0 Å². The van der Waals surface area contributed by atoms with Crippen molar-refractivity contribution in [3.05, 3.63) is 35.9 Å². The predicted octanol–water partition coefficient (Wildman–Crippen LogP) is 5.45. The van der Waals surface area contributed by atoms with Crippen LogP contribution in [0.2, 0.25) is 0 Å². The average molecular weight is 502 g/mol. The van der Waals surface area contributed by atoms with Crippen LogP contribution in [0.4, 0.5) is 4.79 Å². The van der Waals surface area contributed by atoms with Crippen LogP contribution < -0.4 is 5.32 Å². The van der Waals surface area contributed by atoms with E-state index >= 15 is 0 Å². The number of benzene rings is 1. The number of amides is 1. The van der Waals surface area contributed by atoms with Crippen molar-refractivity contribution in [1.82, 2.24) is 5.32 Å². The van der Waals surface area contributed by atoms with E-state index in [2.05, 4.69) is 26.1 Å². The van der Waals surface area contributed by atoms with Gasteiger partial charge in [-0.1, -0.05) is 57.5 Å². The Hall–Kier alpha value is -2.57. The SMILES string of the molecule is COC(=O)[C@H]1[C@H](OC(=O)C(Cc2ccccc2)NC(=O)OC(C)(C)C)CC[C@H]2C(C)(C)CCC[C@]12C. The van der Waals surface area contributed by atoms with E-state index in [1.165, 1.54) is 7.11 Å². The van der Waals surface area contributed by atoms with Crippen molar-refractivity contribution < 1.29 is 28.6 Å². The number of fused-ring (bicyclic) bond motifs is 1. The largest absolute Gasteiger partial charge is 0.469 e. The summed E-state index contributed by atoms with van der Waals surface area (Å²) < 4.78 is 16.7. The maximum absolute atomic E-state index is 13.5. The number of carbonyl (C=O) groups is 3. The van der Waals surface area contributed by atoms with Crippen molar-refractivity contribution in [2.45, 2.75) is 97.8 Å². The molecule has 1 aromatic carbocycles. The van der Waals surface area contributed by atoms with Crippen LogP contribution in [-0.4, -0.2) is 42.9 Å². The van der Waals surface area contributed by atoms with Crippen LogP contribution >= 0.6 is 0 Å². The van der Waals surface area contributed by atoms with Crippen molar-refractivity contribution in [1.29, 1.82) is 0 Å². The molecule has 1 aromatic rings. The van der Waals surface area contributed by atoms with Gasteiger partial charge in [-0.3, -0.25) is 4.79 Å². The van der Waals surface area contributed by atoms with Crippen molar-refractivity contribution in [3.63, 3.8) is 0 Å². The van der Waals surface area contributed by atoms with E-state index in [0.29, 0.717) is 12.3 Å². The first-order chi connectivity index (χ1) is 16.8. The molecule has 200 valence electrons. The monoisotopic (exact) mass is 501 g/mol. The second-order valence-corrected chi connectivity index (χ2v) is 12.3. The van der Waals surface area contributed by atoms with Crippen LogP contribution in [0.5, 0.6) is 0 Å². The third-order valence-electron chi connectivity index (χ3n) is 8.08. The summed E-state index contributed by atoms with van der Waals surface area (Å²) in [5, 5.41) is 2.70. The molecular weight excluding hydrogens is 458 g/mol. The summed E-state index contributed by atoms with van der Waals surface area (Å²) in [5.41, 5.74) is -0.0552. The number of carbonyl (C=O) groups excluding carboxylic acids is 3. The van der Waals surface area contributed by atoms with Crippen LogP contribution in [0, 0.1) is 22.7 Å². The first-order valence-corrected chi connectivity index (χ1v) is 13.1. The molecule has 7 heteroatoms. The number of nitrogens with one attached hydrogen (secondary N) is 1. The fraction of sp³-hybridized carbons (Fsp3) is 0.690. The molecule has 2 aliphatic carbocycles. The van der Waals surface area contributed by atoms with E-state index < -0.39 is 35.7 Å². The molecule has 0 aromatic heterocycles. The van der Waals surface area contributed by atoms with Gasteiger partial charge in [0.1, 0.15) is 17.7 Å². The summed E-state index contributed by atoms with van der Waals surface area (Å²) in [6, 6.07) is 8.49. The van der Waals surface area contributed by atoms with E-state index in [1.807, 2.05) is 30.3 Å². The third-order valence-corrected chi connectivity index (χ3v) is 8.08. The van der Waals surface area contributed by atoms with Gasteiger partial charge in [0.05, 0.1) is 13.0 Å². The summed E-state index contributed by atoms with van der Waals surface area (Å²) in [5.74, 6) is -1.13. The quantitative estimate of drug-likeness (QED) is 0.412. The van der Waals surface area contributed by atoms with E-state index in [9.17, 15) is 14.4 Å². The van der Waals surface area contributed by atoms with Crippen molar-refractivity contribution >= 4 is 18.0 Å². The second-order valence-electron chi connectivity index (χ2n) is 12.3. The summed E-state index contributed by atoms with van der Waals surface area (Å²) in [6.07, 6.45) is 3.43. The lowest BCUT2D eigenvalue weighted by Gasteiger charge is -2.57. The Bertz CT molecular complexity index is 937. The molecule has 5 atom stereocenters. The molecule has 1 unspecified atom stereocenters. The Labute approximate surface area is 215 Å². The van der Waals surface area contributed by atoms with Gasteiger partial charge in [0.2, 0.25) is 0 Å². The number of esters is 2. The molecule has 0 saturated heterocycles. The Morgan fingerprint density at radius 3 is 2.33 bits per heavy atom. The highest BCUT2D eigenvalue weighted by Gasteiger charge is 2.58. The highest BCUT2D eigenvalue weighted by Crippen LogP contribution is 2.60. The first kappa shape index (κ1) is 28.0. The molecule has 2 fully saturated rings. The van der Waals surface area contributed by atoms with Crippen molar-refractivity contribution in [3.8, 4) is 0 Å². The Morgan fingerprint density at radius 2 is 1.72 bits per heavy atom. The van der Waals surface area contributed by atoms with Gasteiger partial charge < -0.3 is 19.5 Å². The molecular formula is C29H43NO6. The van der Waals surface area contributed by atoms with Crippen LogP contribution in [0.3, 0.4) is 0 Å². The molecule has 3 rings (SSSR count). The summed E-state index contributed by atoms with van der Waals surface area (Å²) >= 11 is 0. The molecule has 0 heterocycles. The lowest BCUT2D eigenvalue weighted by molar-refractivity contribution is -0.188. The molecule has 0 radical (unpaired) electrons. The van der Waals surface area contributed by atoms with E-state index in [-0.39, 0.29) is 23.2 Å². The maximum Gasteiger partial charge on any atom is 0.408 e. The molecule has 0 bridgehead atoms. The molecule has 1 N–H and O–H groups in total. The molecule has 2 aliphatic rings. The number of rotatable bonds is 6. The first-order valence-electron chi connectivity index (χ1n) is 13.1. The highest BCUT2D eigenvalue weighted by molar-refractivity contribution is 5.82. The molecule has 7 nitrogen and oxygen atoms in total. The minimum Gasteiger partial charge on any atom is -0.469 e. The normalized spacial score (nSPS) is 28.2. The second kappa shape index (κ2) is 10.8. The van der Waals surface area contributed by atoms with Gasteiger partial charge in [-0.15, -0.1) is 0 Å². The van der Waals surface area contributed by atoms with E-state index in [4.69, 9.17) is 14.2 Å². The smallest absolute Gasteiger partial charge is 0.408 e. The Balaban J connectivity index is 1.84. The van der Waals surface area contributed by atoms with Crippen molar-refractivity contribution in [2.24, 2.45) is 22.7 Å². The van der Waals surface area contributed by atoms with Gasteiger partial charge in [-0.25, -0.2) is 9.59 Å². The van der Waals surface area contributed by atoms with Gasteiger partial charge in [0, 0.05) is 6.42 Å². The minimum absolute atomic E-state index is 0.0996. The van der Waals surface area contributed by atoms with Gasteiger partial charge in [-0.2, -0.15) is 0 Å². The Morgan fingerprint density at radius 1 is 1.06 bits per heavy atom. The minimum atomic E-state index is -0.950. The summed E-state index contributed by atoms with van der Waals surface area (Å²) in [6.45, 7) is 12.0. The van der Waals surface area contributed by atoms with Gasteiger partial charge in [0.25, 0.3) is 0 Å². The van der Waals surface area contributed by atoms with Crippen molar-refractivity contribution in [2.75, 3.05) is 7.11 Å². The fourth-order valence-corrected chi connectivity index (χ4v) is 6.58. The summed E-state index contributed by atoms with van der Waals surface area (Å²) in [7, 11) is 1.39. The Kier molecular flexibility index (Phi) is 8.41. The molecule has 1 amide bonds. The zero-order valence-corrected chi connectivity index (χ0v) is 22.9. The number of methoxy groups -OCH3 is 1. The lowest BCUT2D eigenvalue weighted by atomic mass is 9.48. The molecule has 2 saturated carbocycles. The number of hydrogen-bond donors (Lipinski definition) is 1. The highest BCUT2D eigenvalue weighted by atomic mass is 16.6. The maximum atomic E-state index is 13.5. The zero-order valence-electron chi connectivity index (χ0n) is 22.9. The number of ether oxygens (including phenoxy) is 3. The number of hydrogen-bond acceptors (Lipinski definition) is 6. The standard InChI is InChI=1S/C29H43NO6/c1-27(2,3)36-26(33)30-20(18-19-12-9-8-10-13-19)24(31)35-21-14-15-22-28(4,5)16-11-17-29(22,6)23(21)25(32)34-7/h8-10,12-13,20-23H,11,14-18H2,1-7H3,(H,30,33)/t20?,21-,22+,23-,29+/m1/s1. The fourth-order valence-electron chi connectivity index (χ4n) is 6.58. The molecule has 0 aliphatic heterocycles.